The van der Waals surface area contributed by atoms with Crippen molar-refractivity contribution in [3.8, 4) is 0 Å². The molecule has 2 aromatic carbocycles. The molecule has 1 saturated heterocycles. The van der Waals surface area contributed by atoms with Crippen LogP contribution in [-0.2, 0) is 26.0 Å². The fourth-order valence-corrected chi connectivity index (χ4v) is 4.93. The Morgan fingerprint density at radius 2 is 1.61 bits per heavy atom. The van der Waals surface area contributed by atoms with Gasteiger partial charge >= 0.3 is 5.97 Å². The van der Waals surface area contributed by atoms with E-state index in [1.807, 2.05) is 0 Å². The predicted molar refractivity (Wildman–Crippen MR) is 119 cm³/mol. The van der Waals surface area contributed by atoms with Gasteiger partial charge in [-0.3, -0.25) is 4.79 Å². The second kappa shape index (κ2) is 10.4. The molecule has 31 heavy (non-hydrogen) atoms. The number of carbonyl (C=O) groups is 2. The van der Waals surface area contributed by atoms with Gasteiger partial charge in [0, 0.05) is 31.3 Å². The number of anilines is 1. The third kappa shape index (κ3) is 6.50. The van der Waals surface area contributed by atoms with Crippen molar-refractivity contribution in [3.05, 3.63) is 65.7 Å². The van der Waals surface area contributed by atoms with E-state index < -0.39 is 16.0 Å². The van der Waals surface area contributed by atoms with E-state index in [2.05, 4.69) is 5.32 Å². The first kappa shape index (κ1) is 22.7. The molecule has 1 aliphatic rings. The zero-order chi connectivity index (χ0) is 22.3. The van der Waals surface area contributed by atoms with Crippen molar-refractivity contribution in [1.82, 2.24) is 4.31 Å². The van der Waals surface area contributed by atoms with Crippen molar-refractivity contribution in [1.29, 1.82) is 0 Å². The first-order valence-electron chi connectivity index (χ1n) is 10.2. The Morgan fingerprint density at radius 3 is 2.23 bits per heavy atom. The highest BCUT2D eigenvalue weighted by Crippen LogP contribution is 2.21. The Labute approximate surface area is 182 Å². The molecule has 0 atom stereocenters. The second-order valence-electron chi connectivity index (χ2n) is 7.45. The number of nitrogens with zero attached hydrogens (tertiary/aromatic N) is 1. The average molecular weight is 443 g/mol. The number of hydrogen-bond donors (Lipinski definition) is 2. The van der Waals surface area contributed by atoms with Crippen molar-refractivity contribution >= 4 is 33.7 Å². The standard InChI is InChI=1S/C23H26N2O5S/c26-22(24-20-10-4-18(5-11-20)9-15-23(27)28)14-8-19-6-12-21(13-7-19)31(29,30)25-16-2-1-3-17-25/h4-7,9-13,15H,1-3,8,14,16-17H2,(H,24,26)(H,27,28)/b15-9+. The molecule has 2 aromatic rings. The number of carboxylic acids is 1. The normalized spacial score (nSPS) is 15.1. The molecule has 0 saturated carbocycles. The number of aryl methyl sites for hydroxylation is 1. The smallest absolute Gasteiger partial charge is 0.328 e. The first-order valence-corrected chi connectivity index (χ1v) is 11.7. The summed E-state index contributed by atoms with van der Waals surface area (Å²) in [4.78, 5) is 23.0. The Kier molecular flexibility index (Phi) is 7.59. The zero-order valence-electron chi connectivity index (χ0n) is 17.2. The average Bonchev–Trinajstić information content (AvgIpc) is 2.78. The molecule has 1 aliphatic heterocycles. The lowest BCUT2D eigenvalue weighted by molar-refractivity contribution is -0.131. The van der Waals surface area contributed by atoms with Gasteiger partial charge in [-0.25, -0.2) is 13.2 Å². The lowest BCUT2D eigenvalue weighted by atomic mass is 10.1. The molecule has 1 fully saturated rings. The van der Waals surface area contributed by atoms with E-state index in [0.717, 1.165) is 36.5 Å². The van der Waals surface area contributed by atoms with Crippen molar-refractivity contribution in [3.63, 3.8) is 0 Å². The number of nitrogens with one attached hydrogen (secondary N) is 1. The molecular weight excluding hydrogens is 416 g/mol. The summed E-state index contributed by atoms with van der Waals surface area (Å²) >= 11 is 0. The summed E-state index contributed by atoms with van der Waals surface area (Å²) in [6.45, 7) is 1.14. The van der Waals surface area contributed by atoms with Gasteiger partial charge in [-0.2, -0.15) is 4.31 Å². The van der Waals surface area contributed by atoms with E-state index in [4.69, 9.17) is 5.11 Å². The van der Waals surface area contributed by atoms with Crippen LogP contribution in [0.15, 0.2) is 59.5 Å². The third-order valence-corrected chi connectivity index (χ3v) is 7.04. The van der Waals surface area contributed by atoms with Crippen molar-refractivity contribution < 1.29 is 23.1 Å². The maximum atomic E-state index is 12.7. The quantitative estimate of drug-likeness (QED) is 0.609. The molecule has 0 radical (unpaired) electrons. The molecule has 0 spiro atoms. The van der Waals surface area contributed by atoms with Crippen LogP contribution >= 0.6 is 0 Å². The molecule has 164 valence electrons. The fourth-order valence-electron chi connectivity index (χ4n) is 3.41. The maximum Gasteiger partial charge on any atom is 0.328 e. The number of benzene rings is 2. The van der Waals surface area contributed by atoms with Crippen LogP contribution in [-0.4, -0.2) is 42.8 Å². The number of carbonyl (C=O) groups excluding carboxylic acids is 1. The van der Waals surface area contributed by atoms with Crippen LogP contribution in [0, 0.1) is 0 Å². The SMILES string of the molecule is O=C(O)/C=C/c1ccc(NC(=O)CCc2ccc(S(=O)(=O)N3CCCCC3)cc2)cc1. The summed E-state index contributed by atoms with van der Waals surface area (Å²) in [5, 5.41) is 11.4. The van der Waals surface area contributed by atoms with E-state index >= 15 is 0 Å². The minimum absolute atomic E-state index is 0.154. The Morgan fingerprint density at radius 1 is 0.968 bits per heavy atom. The van der Waals surface area contributed by atoms with Crippen molar-refractivity contribution in [2.45, 2.75) is 37.0 Å². The predicted octanol–water partition coefficient (Wildman–Crippen LogP) is 3.53. The lowest BCUT2D eigenvalue weighted by Gasteiger charge is -2.25. The van der Waals surface area contributed by atoms with Gasteiger partial charge in [-0.1, -0.05) is 30.7 Å². The van der Waals surface area contributed by atoms with Gasteiger partial charge in [-0.05, 0) is 60.7 Å². The van der Waals surface area contributed by atoms with E-state index in [0.29, 0.717) is 30.1 Å². The van der Waals surface area contributed by atoms with Crippen LogP contribution < -0.4 is 5.32 Å². The molecular formula is C23H26N2O5S. The summed E-state index contributed by atoms with van der Waals surface area (Å²) < 4.78 is 26.9. The highest BCUT2D eigenvalue weighted by atomic mass is 32.2. The zero-order valence-corrected chi connectivity index (χ0v) is 18.0. The summed E-state index contributed by atoms with van der Waals surface area (Å²) in [7, 11) is -3.45. The first-order chi connectivity index (χ1) is 14.8. The number of rotatable bonds is 8. The van der Waals surface area contributed by atoms with Crippen LogP contribution in [0.5, 0.6) is 0 Å². The fraction of sp³-hybridized carbons (Fsp3) is 0.304. The Bertz CT molecular complexity index is 1040. The number of hydrogen-bond acceptors (Lipinski definition) is 4. The summed E-state index contributed by atoms with van der Waals surface area (Å²) in [6, 6.07) is 13.6. The highest BCUT2D eigenvalue weighted by molar-refractivity contribution is 7.89. The minimum Gasteiger partial charge on any atom is -0.478 e. The van der Waals surface area contributed by atoms with E-state index in [1.165, 1.54) is 6.08 Å². The molecule has 1 amide bonds. The third-order valence-electron chi connectivity index (χ3n) is 5.13. The summed E-state index contributed by atoms with van der Waals surface area (Å²) in [5.41, 5.74) is 2.24. The Balaban J connectivity index is 1.51. The van der Waals surface area contributed by atoms with E-state index in [9.17, 15) is 18.0 Å². The number of amides is 1. The number of aliphatic carboxylic acids is 1. The number of carboxylic acid groups (broad SMARTS) is 1. The van der Waals surface area contributed by atoms with Gasteiger partial charge in [0.2, 0.25) is 15.9 Å². The molecule has 7 nitrogen and oxygen atoms in total. The monoisotopic (exact) mass is 442 g/mol. The maximum absolute atomic E-state index is 12.7. The van der Waals surface area contributed by atoms with Gasteiger partial charge in [0.25, 0.3) is 0 Å². The topological polar surface area (TPSA) is 104 Å². The van der Waals surface area contributed by atoms with Crippen LogP contribution in [0.2, 0.25) is 0 Å². The molecule has 0 aromatic heterocycles. The van der Waals surface area contributed by atoms with Gasteiger partial charge in [0.05, 0.1) is 4.90 Å². The van der Waals surface area contributed by atoms with Crippen LogP contribution in [0.4, 0.5) is 5.69 Å². The molecule has 0 bridgehead atoms. The molecule has 2 N–H and O–H groups in total. The molecule has 0 aliphatic carbocycles. The van der Waals surface area contributed by atoms with Crippen LogP contribution in [0.25, 0.3) is 6.08 Å². The van der Waals surface area contributed by atoms with Crippen LogP contribution in [0.3, 0.4) is 0 Å². The summed E-state index contributed by atoms with van der Waals surface area (Å²) in [5.74, 6) is -1.17. The van der Waals surface area contributed by atoms with E-state index in [1.54, 1.807) is 52.8 Å². The van der Waals surface area contributed by atoms with Crippen LogP contribution in [0.1, 0.15) is 36.8 Å². The molecule has 8 heteroatoms. The van der Waals surface area contributed by atoms with Gasteiger partial charge in [0.1, 0.15) is 0 Å². The number of piperidine rings is 1. The molecule has 1 heterocycles. The van der Waals surface area contributed by atoms with Gasteiger partial charge in [0.15, 0.2) is 0 Å². The largest absolute Gasteiger partial charge is 0.478 e. The van der Waals surface area contributed by atoms with Gasteiger partial charge < -0.3 is 10.4 Å². The Hall–Kier alpha value is -2.97. The number of sulfonamides is 1. The second-order valence-corrected chi connectivity index (χ2v) is 9.39. The van der Waals surface area contributed by atoms with E-state index in [-0.39, 0.29) is 12.3 Å². The molecule has 0 unspecified atom stereocenters. The summed E-state index contributed by atoms with van der Waals surface area (Å²) in [6.07, 6.45) is 6.15. The van der Waals surface area contributed by atoms with Gasteiger partial charge in [-0.15, -0.1) is 0 Å². The molecule has 3 rings (SSSR count). The van der Waals surface area contributed by atoms with Crippen molar-refractivity contribution in [2.24, 2.45) is 0 Å². The lowest BCUT2D eigenvalue weighted by Crippen LogP contribution is -2.35. The highest BCUT2D eigenvalue weighted by Gasteiger charge is 2.25. The van der Waals surface area contributed by atoms with Crippen molar-refractivity contribution in [2.75, 3.05) is 18.4 Å². The minimum atomic E-state index is -3.45.